The maximum atomic E-state index is 12.9. The van der Waals surface area contributed by atoms with E-state index in [0.29, 0.717) is 24.7 Å². The highest BCUT2D eigenvalue weighted by Gasteiger charge is 2.30. The number of likely N-dealkylation sites (tertiary alicyclic amines) is 1. The van der Waals surface area contributed by atoms with E-state index in [4.69, 9.17) is 9.72 Å². The number of aryl methyl sites for hydroxylation is 1. The fraction of sp³-hybridized carbons (Fsp3) is 0.280. The van der Waals surface area contributed by atoms with Crippen LogP contribution in [0.2, 0.25) is 0 Å². The molecule has 1 aliphatic heterocycles. The van der Waals surface area contributed by atoms with Crippen molar-refractivity contribution in [2.45, 2.75) is 25.2 Å². The van der Waals surface area contributed by atoms with Gasteiger partial charge in [-0.1, -0.05) is 30.3 Å². The van der Waals surface area contributed by atoms with Crippen LogP contribution < -0.4 is 10.1 Å². The average molecular weight is 457 g/mol. The van der Waals surface area contributed by atoms with E-state index in [-0.39, 0.29) is 17.4 Å². The summed E-state index contributed by atoms with van der Waals surface area (Å²) < 4.78 is 8.98. The van der Waals surface area contributed by atoms with Crippen LogP contribution in [0, 0.1) is 0 Å². The van der Waals surface area contributed by atoms with Gasteiger partial charge >= 0.3 is 6.09 Å². The number of carbonyl (C=O) groups is 2. The van der Waals surface area contributed by atoms with Crippen molar-refractivity contribution in [1.29, 1.82) is 0 Å². The molecule has 0 atom stereocenters. The lowest BCUT2D eigenvalue weighted by atomic mass is 10.1. The van der Waals surface area contributed by atoms with Crippen LogP contribution in [-0.2, 0) is 7.05 Å². The van der Waals surface area contributed by atoms with Crippen LogP contribution in [0.25, 0.3) is 16.9 Å². The Morgan fingerprint density at radius 1 is 1.12 bits per heavy atom. The van der Waals surface area contributed by atoms with Crippen LogP contribution in [0.4, 0.5) is 10.5 Å². The van der Waals surface area contributed by atoms with E-state index in [1.807, 2.05) is 53.2 Å². The number of anilines is 1. The molecular weight excluding hydrogens is 432 g/mol. The average Bonchev–Trinajstić information content (AvgIpc) is 3.46. The van der Waals surface area contributed by atoms with Crippen molar-refractivity contribution >= 4 is 23.3 Å². The first-order chi connectivity index (χ1) is 16.6. The van der Waals surface area contributed by atoms with E-state index in [0.717, 1.165) is 41.7 Å². The van der Waals surface area contributed by atoms with E-state index in [1.165, 1.54) is 10.9 Å². The second-order valence-electron chi connectivity index (χ2n) is 8.82. The maximum Gasteiger partial charge on any atom is 0.418 e. The summed E-state index contributed by atoms with van der Waals surface area (Å²) in [4.78, 5) is 32.0. The molecule has 2 fully saturated rings. The number of fused-ring (bicyclic) bond motifs is 1. The number of nitrogens with one attached hydrogen (secondary N) is 1. The van der Waals surface area contributed by atoms with Gasteiger partial charge in [0, 0.05) is 44.2 Å². The lowest BCUT2D eigenvalue weighted by Crippen LogP contribution is -2.42. The molecule has 2 aliphatic rings. The van der Waals surface area contributed by atoms with E-state index in [9.17, 15) is 9.59 Å². The molecule has 6 rings (SSSR count). The summed E-state index contributed by atoms with van der Waals surface area (Å²) >= 11 is 0. The predicted octanol–water partition coefficient (Wildman–Crippen LogP) is 4.07. The zero-order valence-electron chi connectivity index (χ0n) is 18.8. The van der Waals surface area contributed by atoms with Gasteiger partial charge in [-0.2, -0.15) is 5.10 Å². The normalized spacial score (nSPS) is 15.3. The SMILES string of the molecule is Cn1ncc(C(=O)N2CCC2)c1OC(=O)Nc1cc2nc(-c3ccccc3)cn2cc1C1CC1. The number of carbonyl (C=O) groups excluding carboxylic acids is 2. The van der Waals surface area contributed by atoms with Crippen LogP contribution in [0.15, 0.2) is 55.0 Å². The highest BCUT2D eigenvalue weighted by molar-refractivity contribution is 5.98. The number of benzene rings is 1. The van der Waals surface area contributed by atoms with E-state index in [2.05, 4.69) is 10.4 Å². The number of aromatic nitrogens is 4. The number of imidazole rings is 1. The Kier molecular flexibility index (Phi) is 4.83. The summed E-state index contributed by atoms with van der Waals surface area (Å²) in [5.74, 6) is 0.353. The maximum absolute atomic E-state index is 12.9. The standard InChI is InChI=1S/C25H24N6O3/c1-29-24(18(13-26-29)23(32)30-10-5-11-30)34-25(33)28-20-12-22-27-21(17-6-3-2-4-7-17)15-31(22)14-19(20)16-8-9-16/h2-4,6-7,12-16H,5,8-11H2,1H3,(H,28,33). The minimum Gasteiger partial charge on any atom is -0.390 e. The molecule has 0 radical (unpaired) electrons. The second-order valence-corrected chi connectivity index (χ2v) is 8.82. The van der Waals surface area contributed by atoms with Gasteiger partial charge in [0.25, 0.3) is 5.91 Å². The van der Waals surface area contributed by atoms with Crippen LogP contribution in [0.3, 0.4) is 0 Å². The molecule has 34 heavy (non-hydrogen) atoms. The third kappa shape index (κ3) is 3.68. The minimum absolute atomic E-state index is 0.135. The summed E-state index contributed by atoms with van der Waals surface area (Å²) in [6.07, 6.45) is 7.95. The molecule has 3 aromatic heterocycles. The summed E-state index contributed by atoms with van der Waals surface area (Å²) in [5.41, 5.74) is 4.63. The number of nitrogens with zero attached hydrogens (tertiary/aromatic N) is 5. The van der Waals surface area contributed by atoms with Crippen LogP contribution >= 0.6 is 0 Å². The Labute approximate surface area is 196 Å². The highest BCUT2D eigenvalue weighted by Crippen LogP contribution is 2.44. The number of rotatable bonds is 5. The molecule has 0 spiro atoms. The van der Waals surface area contributed by atoms with Gasteiger partial charge in [-0.25, -0.2) is 14.5 Å². The fourth-order valence-electron chi connectivity index (χ4n) is 4.23. The molecule has 4 aromatic rings. The molecule has 1 saturated heterocycles. The number of hydrogen-bond donors (Lipinski definition) is 1. The van der Waals surface area contributed by atoms with Crippen molar-refractivity contribution in [1.82, 2.24) is 24.1 Å². The monoisotopic (exact) mass is 456 g/mol. The Balaban J connectivity index is 1.28. The summed E-state index contributed by atoms with van der Waals surface area (Å²) in [5, 5.41) is 7.00. The van der Waals surface area contributed by atoms with Crippen molar-refractivity contribution in [2.24, 2.45) is 7.05 Å². The number of hydrogen-bond acceptors (Lipinski definition) is 5. The largest absolute Gasteiger partial charge is 0.418 e. The smallest absolute Gasteiger partial charge is 0.390 e. The first-order valence-electron chi connectivity index (χ1n) is 11.4. The molecule has 0 unspecified atom stereocenters. The third-order valence-electron chi connectivity index (χ3n) is 6.39. The minimum atomic E-state index is -0.664. The zero-order chi connectivity index (χ0) is 23.2. The lowest BCUT2D eigenvalue weighted by molar-refractivity contribution is 0.0649. The Bertz CT molecular complexity index is 1400. The summed E-state index contributed by atoms with van der Waals surface area (Å²) in [6.45, 7) is 1.42. The van der Waals surface area contributed by atoms with Gasteiger partial charge in [-0.15, -0.1) is 0 Å². The molecule has 172 valence electrons. The van der Waals surface area contributed by atoms with Crippen molar-refractivity contribution in [3.63, 3.8) is 0 Å². The van der Waals surface area contributed by atoms with E-state index >= 15 is 0 Å². The number of amides is 2. The van der Waals surface area contributed by atoms with Gasteiger partial charge in [0.05, 0.1) is 17.6 Å². The molecule has 1 aromatic carbocycles. The zero-order valence-corrected chi connectivity index (χ0v) is 18.8. The van der Waals surface area contributed by atoms with Crippen molar-refractivity contribution in [2.75, 3.05) is 18.4 Å². The summed E-state index contributed by atoms with van der Waals surface area (Å²) in [6, 6.07) is 11.9. The Hall–Kier alpha value is -4.14. The molecular formula is C25H24N6O3. The van der Waals surface area contributed by atoms with Crippen LogP contribution in [0.1, 0.15) is 41.1 Å². The first kappa shape index (κ1) is 20.5. The van der Waals surface area contributed by atoms with Gasteiger partial charge < -0.3 is 14.0 Å². The molecule has 9 heteroatoms. The molecule has 2 amide bonds. The molecule has 1 aliphatic carbocycles. The number of ether oxygens (including phenoxy) is 1. The van der Waals surface area contributed by atoms with Gasteiger partial charge in [0.2, 0.25) is 5.88 Å². The van der Waals surface area contributed by atoms with Gasteiger partial charge in [-0.3, -0.25) is 10.1 Å². The lowest BCUT2D eigenvalue weighted by Gasteiger charge is -2.30. The van der Waals surface area contributed by atoms with Gasteiger partial charge in [0.15, 0.2) is 0 Å². The fourth-order valence-corrected chi connectivity index (χ4v) is 4.23. The quantitative estimate of drug-likeness (QED) is 0.489. The Morgan fingerprint density at radius 3 is 2.62 bits per heavy atom. The molecule has 0 bridgehead atoms. The summed E-state index contributed by atoms with van der Waals surface area (Å²) in [7, 11) is 1.65. The molecule has 1 N–H and O–H groups in total. The number of pyridine rings is 1. The first-order valence-corrected chi connectivity index (χ1v) is 11.4. The Morgan fingerprint density at radius 2 is 1.91 bits per heavy atom. The van der Waals surface area contributed by atoms with Crippen molar-refractivity contribution in [3.8, 4) is 17.1 Å². The third-order valence-corrected chi connectivity index (χ3v) is 6.39. The van der Waals surface area contributed by atoms with Crippen molar-refractivity contribution < 1.29 is 14.3 Å². The van der Waals surface area contributed by atoms with Gasteiger partial charge in [0.1, 0.15) is 11.2 Å². The van der Waals surface area contributed by atoms with Crippen LogP contribution in [0.5, 0.6) is 5.88 Å². The molecule has 1 saturated carbocycles. The van der Waals surface area contributed by atoms with E-state index in [1.54, 1.807) is 11.9 Å². The predicted molar refractivity (Wildman–Crippen MR) is 126 cm³/mol. The van der Waals surface area contributed by atoms with Gasteiger partial charge in [-0.05, 0) is 30.7 Å². The van der Waals surface area contributed by atoms with Crippen LogP contribution in [-0.4, -0.2) is 49.2 Å². The second kappa shape index (κ2) is 8.02. The molecule has 9 nitrogen and oxygen atoms in total. The highest BCUT2D eigenvalue weighted by atomic mass is 16.6. The molecule has 4 heterocycles. The topological polar surface area (TPSA) is 93.8 Å². The van der Waals surface area contributed by atoms with E-state index < -0.39 is 6.09 Å². The van der Waals surface area contributed by atoms with Crippen molar-refractivity contribution in [3.05, 3.63) is 66.1 Å².